The van der Waals surface area contributed by atoms with Crippen molar-refractivity contribution in [2.24, 2.45) is 5.92 Å². The molecule has 2 heterocycles. The molecular formula is C19H27N3. The Bertz CT molecular complexity index is 603. The van der Waals surface area contributed by atoms with Crippen molar-refractivity contribution in [3.8, 4) is 0 Å². The second-order valence-electron chi connectivity index (χ2n) is 6.87. The molecule has 1 aliphatic heterocycles. The Morgan fingerprint density at radius 3 is 3.09 bits per heavy atom. The van der Waals surface area contributed by atoms with Gasteiger partial charge >= 0.3 is 0 Å². The summed E-state index contributed by atoms with van der Waals surface area (Å²) in [4.78, 5) is 6.84. The highest BCUT2D eigenvalue weighted by Crippen LogP contribution is 2.24. The van der Waals surface area contributed by atoms with Gasteiger partial charge in [-0.05, 0) is 50.4 Å². The topological polar surface area (TPSA) is 28.2 Å². The Kier molecular flexibility index (Phi) is 4.94. The van der Waals surface area contributed by atoms with Gasteiger partial charge in [-0.2, -0.15) is 0 Å². The lowest BCUT2D eigenvalue weighted by Gasteiger charge is -2.34. The third-order valence-corrected chi connectivity index (χ3v) is 4.57. The van der Waals surface area contributed by atoms with Crippen LogP contribution in [-0.2, 0) is 0 Å². The third kappa shape index (κ3) is 3.77. The average Bonchev–Trinajstić information content (AvgIpc) is 2.54. The van der Waals surface area contributed by atoms with Gasteiger partial charge in [0.2, 0.25) is 0 Å². The Morgan fingerprint density at radius 1 is 1.32 bits per heavy atom. The van der Waals surface area contributed by atoms with E-state index in [1.54, 1.807) is 0 Å². The van der Waals surface area contributed by atoms with Crippen molar-refractivity contribution >= 4 is 16.5 Å². The molecule has 3 nitrogen and oxygen atoms in total. The first kappa shape index (κ1) is 15.3. The fraction of sp³-hybridized carbons (Fsp3) is 0.526. The first-order valence-corrected chi connectivity index (χ1v) is 8.54. The molecule has 0 amide bonds. The summed E-state index contributed by atoms with van der Waals surface area (Å²) < 4.78 is 0. The molecule has 0 spiro atoms. The molecule has 1 atom stereocenters. The van der Waals surface area contributed by atoms with Crippen LogP contribution >= 0.6 is 0 Å². The summed E-state index contributed by atoms with van der Waals surface area (Å²) in [7, 11) is 0. The molecule has 0 saturated carbocycles. The van der Waals surface area contributed by atoms with Crippen LogP contribution in [0.25, 0.3) is 10.8 Å². The number of likely N-dealkylation sites (tertiary alicyclic amines) is 1. The molecule has 1 N–H and O–H groups in total. The molecule has 0 radical (unpaired) electrons. The van der Waals surface area contributed by atoms with Crippen LogP contribution < -0.4 is 5.32 Å². The van der Waals surface area contributed by atoms with Crippen molar-refractivity contribution in [2.75, 3.05) is 25.0 Å². The zero-order valence-electron chi connectivity index (χ0n) is 13.8. The summed E-state index contributed by atoms with van der Waals surface area (Å²) in [6.45, 7) is 8.27. The van der Waals surface area contributed by atoms with E-state index in [2.05, 4.69) is 53.3 Å². The predicted molar refractivity (Wildman–Crippen MR) is 94.3 cm³/mol. The lowest BCUT2D eigenvalue weighted by molar-refractivity contribution is 0.206. The highest BCUT2D eigenvalue weighted by molar-refractivity contribution is 5.93. The Morgan fingerprint density at radius 2 is 2.23 bits per heavy atom. The molecule has 1 aromatic carbocycles. The van der Waals surface area contributed by atoms with Crippen LogP contribution in [0.5, 0.6) is 0 Å². The average molecular weight is 297 g/mol. The predicted octanol–water partition coefficient (Wildman–Crippen LogP) is 4.16. The molecule has 22 heavy (non-hydrogen) atoms. The smallest absolute Gasteiger partial charge is 0.0423 e. The summed E-state index contributed by atoms with van der Waals surface area (Å²) in [6, 6.07) is 9.10. The van der Waals surface area contributed by atoms with Gasteiger partial charge in [-0.3, -0.25) is 4.98 Å². The quantitative estimate of drug-likeness (QED) is 0.898. The van der Waals surface area contributed by atoms with Crippen LogP contribution in [0.2, 0.25) is 0 Å². The number of fused-ring (bicyclic) bond motifs is 1. The summed E-state index contributed by atoms with van der Waals surface area (Å²) in [5.74, 6) is 0.791. The van der Waals surface area contributed by atoms with E-state index in [4.69, 9.17) is 0 Å². The maximum absolute atomic E-state index is 4.22. The molecule has 1 unspecified atom stereocenters. The lowest BCUT2D eigenvalue weighted by atomic mass is 10.0. The van der Waals surface area contributed by atoms with Gasteiger partial charge < -0.3 is 10.2 Å². The Labute approximate surface area is 133 Å². The first-order valence-electron chi connectivity index (χ1n) is 8.54. The van der Waals surface area contributed by atoms with Gasteiger partial charge in [-0.25, -0.2) is 0 Å². The van der Waals surface area contributed by atoms with Crippen molar-refractivity contribution in [2.45, 2.75) is 39.2 Å². The normalized spacial score (nSPS) is 19.7. The Hall–Kier alpha value is -1.61. The van der Waals surface area contributed by atoms with Crippen LogP contribution in [0.15, 0.2) is 36.7 Å². The minimum absolute atomic E-state index is 0.555. The molecule has 3 rings (SSSR count). The van der Waals surface area contributed by atoms with Crippen LogP contribution in [0.4, 0.5) is 5.69 Å². The number of pyridine rings is 1. The van der Waals surface area contributed by atoms with Crippen molar-refractivity contribution in [3.05, 3.63) is 36.7 Å². The summed E-state index contributed by atoms with van der Waals surface area (Å²) in [6.07, 6.45) is 7.67. The van der Waals surface area contributed by atoms with Gasteiger partial charge in [-0.1, -0.05) is 26.0 Å². The number of hydrogen-bond acceptors (Lipinski definition) is 3. The number of benzene rings is 1. The Balaban J connectivity index is 1.66. The van der Waals surface area contributed by atoms with Crippen LogP contribution in [0, 0.1) is 5.92 Å². The number of nitrogens with one attached hydrogen (secondary N) is 1. The largest absolute Gasteiger partial charge is 0.381 e. The van der Waals surface area contributed by atoms with Crippen molar-refractivity contribution in [3.63, 3.8) is 0 Å². The van der Waals surface area contributed by atoms with E-state index in [0.717, 1.165) is 12.5 Å². The molecule has 118 valence electrons. The van der Waals surface area contributed by atoms with Crippen molar-refractivity contribution in [1.82, 2.24) is 9.88 Å². The summed E-state index contributed by atoms with van der Waals surface area (Å²) >= 11 is 0. The SMILES string of the molecule is CC(C)CCN1CCCC(Nc2cccc3cnccc23)C1. The van der Waals surface area contributed by atoms with Gasteiger partial charge in [0.25, 0.3) is 0 Å². The van der Waals surface area contributed by atoms with E-state index < -0.39 is 0 Å². The maximum Gasteiger partial charge on any atom is 0.0423 e. The van der Waals surface area contributed by atoms with Crippen molar-refractivity contribution < 1.29 is 0 Å². The molecule has 0 bridgehead atoms. The highest BCUT2D eigenvalue weighted by Gasteiger charge is 2.20. The molecule has 3 heteroatoms. The number of anilines is 1. The van der Waals surface area contributed by atoms with E-state index >= 15 is 0 Å². The zero-order valence-corrected chi connectivity index (χ0v) is 13.8. The minimum Gasteiger partial charge on any atom is -0.381 e. The van der Waals surface area contributed by atoms with Crippen LogP contribution in [-0.4, -0.2) is 35.6 Å². The van der Waals surface area contributed by atoms with E-state index in [-0.39, 0.29) is 0 Å². The van der Waals surface area contributed by atoms with E-state index in [0.29, 0.717) is 6.04 Å². The van der Waals surface area contributed by atoms with Crippen LogP contribution in [0.1, 0.15) is 33.1 Å². The molecule has 1 aliphatic rings. The van der Waals surface area contributed by atoms with Crippen LogP contribution in [0.3, 0.4) is 0 Å². The fourth-order valence-corrected chi connectivity index (χ4v) is 3.29. The maximum atomic E-state index is 4.22. The monoisotopic (exact) mass is 297 g/mol. The number of hydrogen-bond donors (Lipinski definition) is 1. The number of piperidine rings is 1. The highest BCUT2D eigenvalue weighted by atomic mass is 15.2. The number of rotatable bonds is 5. The van der Waals surface area contributed by atoms with Gasteiger partial charge in [0.15, 0.2) is 0 Å². The fourth-order valence-electron chi connectivity index (χ4n) is 3.29. The van der Waals surface area contributed by atoms with E-state index in [1.807, 2.05) is 12.4 Å². The number of aromatic nitrogens is 1. The minimum atomic E-state index is 0.555. The second kappa shape index (κ2) is 7.10. The lowest BCUT2D eigenvalue weighted by Crippen LogP contribution is -2.42. The van der Waals surface area contributed by atoms with Gasteiger partial charge in [-0.15, -0.1) is 0 Å². The third-order valence-electron chi connectivity index (χ3n) is 4.57. The second-order valence-corrected chi connectivity index (χ2v) is 6.87. The number of nitrogens with zero attached hydrogens (tertiary/aromatic N) is 2. The van der Waals surface area contributed by atoms with E-state index in [9.17, 15) is 0 Å². The molecular weight excluding hydrogens is 270 g/mol. The van der Waals surface area contributed by atoms with E-state index in [1.165, 1.54) is 48.8 Å². The molecule has 1 saturated heterocycles. The molecule has 1 aromatic heterocycles. The van der Waals surface area contributed by atoms with Gasteiger partial charge in [0.05, 0.1) is 0 Å². The van der Waals surface area contributed by atoms with Gasteiger partial charge in [0.1, 0.15) is 0 Å². The molecule has 1 fully saturated rings. The molecule has 2 aromatic rings. The van der Waals surface area contributed by atoms with Crippen molar-refractivity contribution in [1.29, 1.82) is 0 Å². The van der Waals surface area contributed by atoms with Gasteiger partial charge in [0, 0.05) is 41.4 Å². The summed E-state index contributed by atoms with van der Waals surface area (Å²) in [5.41, 5.74) is 1.25. The first-order chi connectivity index (χ1) is 10.7. The summed E-state index contributed by atoms with van der Waals surface area (Å²) in [5, 5.41) is 6.26. The molecule has 0 aliphatic carbocycles. The zero-order chi connectivity index (χ0) is 15.4. The standard InChI is InChI=1S/C19H27N3/c1-15(2)9-12-22-11-4-6-17(14-22)21-19-7-3-5-16-13-20-10-8-18(16)19/h3,5,7-8,10,13,15,17,21H,4,6,9,11-12,14H2,1-2H3.